The van der Waals surface area contributed by atoms with Gasteiger partial charge in [0, 0.05) is 3.57 Å². The predicted molar refractivity (Wildman–Crippen MR) is 126 cm³/mol. The van der Waals surface area contributed by atoms with Crippen molar-refractivity contribution in [2.24, 2.45) is 4.99 Å². The van der Waals surface area contributed by atoms with Gasteiger partial charge in [-0.3, -0.25) is 9.36 Å². The molecule has 0 spiro atoms. The van der Waals surface area contributed by atoms with Crippen LogP contribution in [0.4, 0.5) is 0 Å². The summed E-state index contributed by atoms with van der Waals surface area (Å²) in [6, 6.07) is 16.9. The lowest BCUT2D eigenvalue weighted by molar-refractivity contribution is -0.136. The van der Waals surface area contributed by atoms with Crippen LogP contribution in [0.1, 0.15) is 30.5 Å². The van der Waals surface area contributed by atoms with Gasteiger partial charge in [0.1, 0.15) is 0 Å². The third-order valence-electron chi connectivity index (χ3n) is 4.93. The molecule has 0 amide bonds. The van der Waals surface area contributed by atoms with Crippen LogP contribution in [-0.4, -0.2) is 17.6 Å². The minimum atomic E-state index is -0.566. The number of hydrogen-bond acceptors (Lipinski definition) is 5. The molecule has 2 aromatic carbocycles. The number of thiazole rings is 1. The molecule has 0 bridgehead atoms. The summed E-state index contributed by atoms with van der Waals surface area (Å²) in [4.78, 5) is 31.4. The molecular formula is C23H19IN2O3S. The third kappa shape index (κ3) is 3.79. The van der Waals surface area contributed by atoms with E-state index in [1.54, 1.807) is 4.57 Å². The molecule has 0 saturated carbocycles. The van der Waals surface area contributed by atoms with Gasteiger partial charge in [0.15, 0.2) is 4.80 Å². The van der Waals surface area contributed by atoms with Gasteiger partial charge in [-0.25, -0.2) is 9.79 Å². The Balaban J connectivity index is 1.99. The summed E-state index contributed by atoms with van der Waals surface area (Å²) in [6.07, 6.45) is 2.44. The number of carbonyl (C=O) groups is 1. The smallest absolute Gasteiger partial charge is 0.338 e. The van der Waals surface area contributed by atoms with Gasteiger partial charge < -0.3 is 4.74 Å². The lowest BCUT2D eigenvalue weighted by Gasteiger charge is -2.25. The number of esters is 1. The first-order chi connectivity index (χ1) is 14.5. The number of fused-ring (bicyclic) bond motifs is 1. The summed E-state index contributed by atoms with van der Waals surface area (Å²) in [7, 11) is 1.35. The number of nitrogens with zero attached hydrogens (tertiary/aromatic N) is 2. The standard InChI is InChI=1S/C23H19IN2O3S/c1-3-17-19(22(28)29-2)20(15-7-5-4-6-8-15)26-21(27)18(30-23(26)25-17)13-14-9-11-16(24)12-10-14/h4-13,20H,3H2,1-2H3/b18-13-/t20-/m1/s1. The Labute approximate surface area is 191 Å². The second kappa shape index (κ2) is 8.69. The van der Waals surface area contributed by atoms with Crippen molar-refractivity contribution < 1.29 is 9.53 Å². The Kier molecular flexibility index (Phi) is 6.01. The molecule has 1 aliphatic rings. The van der Waals surface area contributed by atoms with Crippen LogP contribution >= 0.6 is 33.9 Å². The van der Waals surface area contributed by atoms with Crippen LogP contribution in [-0.2, 0) is 9.53 Å². The summed E-state index contributed by atoms with van der Waals surface area (Å²) >= 11 is 3.59. The monoisotopic (exact) mass is 530 g/mol. The van der Waals surface area contributed by atoms with E-state index in [0.717, 1.165) is 14.7 Å². The van der Waals surface area contributed by atoms with E-state index in [2.05, 4.69) is 27.6 Å². The molecule has 3 aromatic rings. The molecule has 1 aliphatic heterocycles. The van der Waals surface area contributed by atoms with E-state index >= 15 is 0 Å². The second-order valence-corrected chi connectivity index (χ2v) is 9.01. The highest BCUT2D eigenvalue weighted by molar-refractivity contribution is 14.1. The molecule has 0 N–H and O–H groups in total. The molecule has 0 fully saturated rings. The van der Waals surface area contributed by atoms with E-state index in [1.165, 1.54) is 18.4 Å². The molecule has 0 radical (unpaired) electrons. The summed E-state index contributed by atoms with van der Waals surface area (Å²) < 4.78 is 8.39. The quantitative estimate of drug-likeness (QED) is 0.384. The highest BCUT2D eigenvalue weighted by Gasteiger charge is 2.33. The third-order valence-corrected chi connectivity index (χ3v) is 6.64. The van der Waals surface area contributed by atoms with Gasteiger partial charge in [-0.15, -0.1) is 0 Å². The fraction of sp³-hybridized carbons (Fsp3) is 0.174. The Morgan fingerprint density at radius 3 is 2.53 bits per heavy atom. The molecule has 30 heavy (non-hydrogen) atoms. The predicted octanol–water partition coefficient (Wildman–Crippen LogP) is 3.40. The second-order valence-electron chi connectivity index (χ2n) is 6.75. The Bertz CT molecular complexity index is 1310. The van der Waals surface area contributed by atoms with E-state index in [1.807, 2.05) is 67.6 Å². The molecule has 1 aromatic heterocycles. The number of rotatable bonds is 4. The summed E-state index contributed by atoms with van der Waals surface area (Å²) in [5, 5.41) is 0. The zero-order chi connectivity index (χ0) is 21.3. The number of allylic oxidation sites excluding steroid dienone is 1. The van der Waals surface area contributed by atoms with Crippen molar-refractivity contribution in [2.45, 2.75) is 19.4 Å². The lowest BCUT2D eigenvalue weighted by atomic mass is 9.95. The Morgan fingerprint density at radius 1 is 1.20 bits per heavy atom. The number of carbonyl (C=O) groups excluding carboxylic acids is 1. The van der Waals surface area contributed by atoms with E-state index in [9.17, 15) is 9.59 Å². The van der Waals surface area contributed by atoms with E-state index in [4.69, 9.17) is 4.74 Å². The van der Waals surface area contributed by atoms with Crippen LogP contribution in [0, 0.1) is 3.57 Å². The van der Waals surface area contributed by atoms with Crippen LogP contribution < -0.4 is 14.9 Å². The number of hydrogen-bond donors (Lipinski definition) is 0. The van der Waals surface area contributed by atoms with Crippen molar-refractivity contribution in [3.8, 4) is 0 Å². The molecule has 2 heterocycles. The van der Waals surface area contributed by atoms with Crippen molar-refractivity contribution in [1.82, 2.24) is 4.57 Å². The normalized spacial score (nSPS) is 16.2. The average Bonchev–Trinajstić information content (AvgIpc) is 3.08. The number of benzene rings is 2. The van der Waals surface area contributed by atoms with Crippen LogP contribution in [0.3, 0.4) is 0 Å². The molecule has 4 rings (SSSR count). The number of aromatic nitrogens is 1. The van der Waals surface area contributed by atoms with Gasteiger partial charge in [-0.1, -0.05) is 60.7 Å². The maximum atomic E-state index is 13.4. The molecule has 152 valence electrons. The van der Waals surface area contributed by atoms with Crippen molar-refractivity contribution in [1.29, 1.82) is 0 Å². The Hall–Kier alpha value is -2.52. The number of halogens is 1. The maximum absolute atomic E-state index is 13.4. The van der Waals surface area contributed by atoms with Gasteiger partial charge in [-0.05, 0) is 58.3 Å². The first-order valence-corrected chi connectivity index (χ1v) is 11.4. The topological polar surface area (TPSA) is 60.7 Å². The van der Waals surface area contributed by atoms with Crippen molar-refractivity contribution in [3.05, 3.63) is 100 Å². The maximum Gasteiger partial charge on any atom is 0.338 e. The van der Waals surface area contributed by atoms with Gasteiger partial charge in [0.25, 0.3) is 5.56 Å². The van der Waals surface area contributed by atoms with Gasteiger partial charge in [0.2, 0.25) is 0 Å². The zero-order valence-electron chi connectivity index (χ0n) is 16.5. The van der Waals surface area contributed by atoms with Crippen LogP contribution in [0.25, 0.3) is 6.08 Å². The molecule has 1 atom stereocenters. The molecular weight excluding hydrogens is 511 g/mol. The van der Waals surface area contributed by atoms with Crippen molar-refractivity contribution in [3.63, 3.8) is 0 Å². The molecule has 7 heteroatoms. The lowest BCUT2D eigenvalue weighted by Crippen LogP contribution is -2.40. The van der Waals surface area contributed by atoms with Crippen molar-refractivity contribution >= 4 is 46.0 Å². The Morgan fingerprint density at radius 2 is 1.90 bits per heavy atom. The number of ether oxygens (including phenoxy) is 1. The first kappa shape index (κ1) is 20.7. The summed E-state index contributed by atoms with van der Waals surface area (Å²) in [5.41, 5.74) is 2.69. The van der Waals surface area contributed by atoms with Crippen LogP contribution in [0.5, 0.6) is 0 Å². The van der Waals surface area contributed by atoms with E-state index in [-0.39, 0.29) is 5.56 Å². The molecule has 0 unspecified atom stereocenters. The van der Waals surface area contributed by atoms with Crippen LogP contribution in [0.2, 0.25) is 0 Å². The largest absolute Gasteiger partial charge is 0.466 e. The fourth-order valence-electron chi connectivity index (χ4n) is 3.53. The van der Waals surface area contributed by atoms with Crippen LogP contribution in [0.15, 0.2) is 75.7 Å². The van der Waals surface area contributed by atoms with Crippen molar-refractivity contribution in [2.75, 3.05) is 7.11 Å². The van der Waals surface area contributed by atoms with E-state index < -0.39 is 12.0 Å². The van der Waals surface area contributed by atoms with Gasteiger partial charge >= 0.3 is 5.97 Å². The zero-order valence-corrected chi connectivity index (χ0v) is 19.4. The minimum absolute atomic E-state index is 0.164. The highest BCUT2D eigenvalue weighted by atomic mass is 127. The SMILES string of the molecule is CCC1=C(C(=O)OC)[C@@H](c2ccccc2)n2c(s/c(=C\c3ccc(I)cc3)c2=O)=N1. The number of methoxy groups -OCH3 is 1. The fourth-order valence-corrected chi connectivity index (χ4v) is 4.90. The summed E-state index contributed by atoms with van der Waals surface area (Å²) in [6.45, 7) is 1.95. The van der Waals surface area contributed by atoms with Gasteiger partial charge in [0.05, 0.1) is 29.0 Å². The van der Waals surface area contributed by atoms with Gasteiger partial charge in [-0.2, -0.15) is 0 Å². The first-order valence-electron chi connectivity index (χ1n) is 9.47. The minimum Gasteiger partial charge on any atom is -0.466 e. The molecule has 0 saturated heterocycles. The molecule has 0 aliphatic carbocycles. The van der Waals surface area contributed by atoms with E-state index in [0.29, 0.717) is 27.0 Å². The average molecular weight is 530 g/mol. The molecule has 5 nitrogen and oxygen atoms in total. The highest BCUT2D eigenvalue weighted by Crippen LogP contribution is 2.31. The summed E-state index contributed by atoms with van der Waals surface area (Å²) in [5.74, 6) is -0.462.